The van der Waals surface area contributed by atoms with E-state index in [1.807, 2.05) is 11.0 Å². The topological polar surface area (TPSA) is 139 Å². The fraction of sp³-hybridized carbons (Fsp3) is 0.412. The number of halogens is 2. The molecule has 7 rings (SSSR count). The second-order valence-corrected chi connectivity index (χ2v) is 14.0. The highest BCUT2D eigenvalue weighted by molar-refractivity contribution is 7.23. The van der Waals surface area contributed by atoms with Gasteiger partial charge in [0.15, 0.2) is 5.82 Å². The summed E-state index contributed by atoms with van der Waals surface area (Å²) in [7, 11) is 0. The van der Waals surface area contributed by atoms with Crippen LogP contribution in [0.15, 0.2) is 36.9 Å². The number of rotatable bonds is 9. The van der Waals surface area contributed by atoms with Gasteiger partial charge in [-0.3, -0.25) is 9.69 Å². The number of anilines is 2. The van der Waals surface area contributed by atoms with Gasteiger partial charge in [0.25, 0.3) is 0 Å². The maximum Gasteiger partial charge on any atom is 0.319 e. The van der Waals surface area contributed by atoms with Crippen molar-refractivity contribution in [2.75, 3.05) is 76.4 Å². The molecule has 2 aliphatic heterocycles. The van der Waals surface area contributed by atoms with Gasteiger partial charge in [-0.15, -0.1) is 11.3 Å². The summed E-state index contributed by atoms with van der Waals surface area (Å²) in [6.07, 6.45) is 3.24. The number of aromatic nitrogens is 2. The van der Waals surface area contributed by atoms with Gasteiger partial charge in [-0.2, -0.15) is 15.2 Å². The zero-order chi connectivity index (χ0) is 33.4. The van der Waals surface area contributed by atoms with E-state index in [0.717, 1.165) is 37.2 Å². The highest BCUT2D eigenvalue weighted by atomic mass is 35.5. The zero-order valence-corrected chi connectivity index (χ0v) is 27.8. The van der Waals surface area contributed by atoms with Gasteiger partial charge in [0.05, 0.1) is 49.7 Å². The summed E-state index contributed by atoms with van der Waals surface area (Å²) in [4.78, 5) is 26.0. The van der Waals surface area contributed by atoms with E-state index in [2.05, 4.69) is 27.8 Å². The first-order valence-electron chi connectivity index (χ1n) is 15.9. The third-order valence-corrected chi connectivity index (χ3v) is 10.5. The highest BCUT2D eigenvalue weighted by Crippen LogP contribution is 2.47. The Balaban J connectivity index is 1.32. The van der Waals surface area contributed by atoms with Crippen molar-refractivity contribution in [1.29, 1.82) is 5.26 Å². The van der Waals surface area contributed by atoms with Gasteiger partial charge >= 0.3 is 6.01 Å². The molecule has 1 amide bonds. The number of nitrogens with two attached hydrogens (primary N) is 1. The maximum atomic E-state index is 17.0. The average Bonchev–Trinajstić information content (AvgIpc) is 3.82. The van der Waals surface area contributed by atoms with Gasteiger partial charge in [0.1, 0.15) is 22.4 Å². The lowest BCUT2D eigenvalue weighted by Gasteiger charge is -2.30. The molecule has 3 N–H and O–H groups in total. The number of nitrogens with zero attached hydrogens (tertiary/aromatic N) is 5. The highest BCUT2D eigenvalue weighted by Gasteiger charge is 2.45. The van der Waals surface area contributed by atoms with Crippen LogP contribution < -0.4 is 20.7 Å². The van der Waals surface area contributed by atoms with Gasteiger partial charge in [0.2, 0.25) is 5.91 Å². The summed E-state index contributed by atoms with van der Waals surface area (Å²) in [5.41, 5.74) is 7.01. The summed E-state index contributed by atoms with van der Waals surface area (Å²) in [5, 5.41) is 14.2. The van der Waals surface area contributed by atoms with Crippen molar-refractivity contribution in [2.45, 2.75) is 18.9 Å². The molecule has 2 saturated heterocycles. The number of nitrogens with one attached hydrogen (secondary N) is 1. The Morgan fingerprint density at radius 1 is 1.27 bits per heavy atom. The molecular formula is C34H35ClFN7O4S. The van der Waals surface area contributed by atoms with Crippen molar-refractivity contribution in [1.82, 2.24) is 20.2 Å². The number of carbonyl (C=O) groups is 1. The van der Waals surface area contributed by atoms with E-state index in [-0.39, 0.29) is 45.0 Å². The Labute approximate surface area is 286 Å². The second kappa shape index (κ2) is 13.4. The molecule has 4 aromatic rings. The van der Waals surface area contributed by atoms with Crippen LogP contribution in [0, 0.1) is 22.6 Å². The fourth-order valence-corrected chi connectivity index (χ4v) is 7.77. The third-order valence-electron chi connectivity index (χ3n) is 9.19. The molecular weight excluding hydrogens is 657 g/mol. The lowest BCUT2D eigenvalue weighted by atomic mass is 9.97. The molecule has 0 unspecified atom stereocenters. The van der Waals surface area contributed by atoms with E-state index in [9.17, 15) is 10.1 Å². The van der Waals surface area contributed by atoms with Crippen molar-refractivity contribution in [3.8, 4) is 23.2 Å². The molecule has 3 fully saturated rings. The minimum Gasteiger partial charge on any atom is -0.463 e. The summed E-state index contributed by atoms with van der Waals surface area (Å²) < 4.78 is 35.4. The molecule has 250 valence electrons. The van der Waals surface area contributed by atoms with Crippen molar-refractivity contribution in [3.63, 3.8) is 0 Å². The summed E-state index contributed by atoms with van der Waals surface area (Å²) in [6.45, 7) is 9.42. The molecule has 2 aromatic heterocycles. The summed E-state index contributed by atoms with van der Waals surface area (Å²) >= 11 is 8.17. The van der Waals surface area contributed by atoms with Crippen molar-refractivity contribution in [2.24, 2.45) is 5.41 Å². The van der Waals surface area contributed by atoms with E-state index in [1.54, 1.807) is 18.2 Å². The van der Waals surface area contributed by atoms with Crippen molar-refractivity contribution < 1.29 is 23.4 Å². The van der Waals surface area contributed by atoms with Crippen LogP contribution in [-0.4, -0.2) is 92.6 Å². The monoisotopic (exact) mass is 691 g/mol. The molecule has 14 heteroatoms. The maximum absolute atomic E-state index is 17.0. The molecule has 0 radical (unpaired) electrons. The first-order chi connectivity index (χ1) is 23.3. The predicted molar refractivity (Wildman–Crippen MR) is 184 cm³/mol. The number of hydrogen-bond donors (Lipinski definition) is 2. The third kappa shape index (κ3) is 6.38. The molecule has 11 nitrogen and oxygen atoms in total. The van der Waals surface area contributed by atoms with Gasteiger partial charge < -0.3 is 30.2 Å². The minimum absolute atomic E-state index is 0.0295. The molecule has 1 saturated carbocycles. The minimum atomic E-state index is -0.663. The predicted octanol–water partition coefficient (Wildman–Crippen LogP) is 4.76. The number of benzene rings is 2. The Bertz CT molecular complexity index is 1940. The van der Waals surface area contributed by atoms with Gasteiger partial charge in [-0.05, 0) is 36.6 Å². The quantitative estimate of drug-likeness (QED) is 0.236. The summed E-state index contributed by atoms with van der Waals surface area (Å²) in [5.74, 6) is -0.570. The Hall–Kier alpha value is -4.06. The zero-order valence-electron chi connectivity index (χ0n) is 26.3. The van der Waals surface area contributed by atoms with Crippen LogP contribution in [0.2, 0.25) is 5.02 Å². The largest absolute Gasteiger partial charge is 0.463 e. The normalized spacial score (nSPS) is 19.5. The van der Waals surface area contributed by atoms with Crippen LogP contribution in [0.1, 0.15) is 18.4 Å². The van der Waals surface area contributed by atoms with Gasteiger partial charge in [-0.25, -0.2) is 4.39 Å². The van der Waals surface area contributed by atoms with E-state index in [4.69, 9.17) is 36.5 Å². The van der Waals surface area contributed by atoms with Gasteiger partial charge in [0, 0.05) is 59.2 Å². The van der Waals surface area contributed by atoms with Crippen LogP contribution >= 0.6 is 22.9 Å². The SMILES string of the molecule is C=CC(=O)N[C@@H]1COCCN(c2nc(OCC3(CN4CCOCC4)CC3)nc3c(F)c(-c4cccc5sc(N)c(C#N)c45)c(Cl)cc23)C1. The number of hydrogen-bond acceptors (Lipinski definition) is 11. The fourth-order valence-electron chi connectivity index (χ4n) is 6.52. The van der Waals surface area contributed by atoms with Crippen LogP contribution in [0.4, 0.5) is 15.2 Å². The van der Waals surface area contributed by atoms with E-state index in [1.165, 1.54) is 17.4 Å². The standard InChI is InChI=1S/C34H35ClFN7O4S/c1-2-26(44)39-20-16-43(10-13-46-17-20)32-22-14-24(35)28(21-4-3-5-25-27(21)23(15-37)31(38)48-25)29(36)30(22)40-33(41-32)47-19-34(6-7-34)18-42-8-11-45-12-9-42/h2-5,14,20H,1,6-13,16-19,38H2,(H,39,44)/t20-/m0/s1. The molecule has 0 spiro atoms. The van der Waals surface area contributed by atoms with Crippen LogP contribution in [0.3, 0.4) is 0 Å². The number of morpholine rings is 1. The number of nitriles is 1. The molecule has 0 bridgehead atoms. The molecule has 4 heterocycles. The number of ether oxygens (including phenoxy) is 3. The molecule has 1 aliphatic carbocycles. The first-order valence-corrected chi connectivity index (χ1v) is 17.1. The number of thiophene rings is 1. The number of amides is 1. The van der Waals surface area contributed by atoms with E-state index >= 15 is 4.39 Å². The van der Waals surface area contributed by atoms with Crippen molar-refractivity contribution in [3.05, 3.63) is 53.3 Å². The van der Waals surface area contributed by atoms with Crippen LogP contribution in [0.5, 0.6) is 6.01 Å². The lowest BCUT2D eigenvalue weighted by molar-refractivity contribution is -0.117. The number of nitrogen functional groups attached to an aromatic ring is 1. The molecule has 48 heavy (non-hydrogen) atoms. The Morgan fingerprint density at radius 2 is 2.06 bits per heavy atom. The summed E-state index contributed by atoms with van der Waals surface area (Å²) in [6, 6.07) is 8.85. The molecule has 3 aliphatic rings. The van der Waals surface area contributed by atoms with Crippen LogP contribution in [-0.2, 0) is 14.3 Å². The van der Waals surface area contributed by atoms with Crippen molar-refractivity contribution >= 4 is 60.7 Å². The molecule has 1 atom stereocenters. The number of carbonyl (C=O) groups excluding carboxylic acids is 1. The average molecular weight is 692 g/mol. The Kier molecular flexibility index (Phi) is 9.10. The van der Waals surface area contributed by atoms with E-state index in [0.29, 0.717) is 73.3 Å². The first kappa shape index (κ1) is 32.5. The number of fused-ring (bicyclic) bond motifs is 2. The van der Waals surface area contributed by atoms with Crippen LogP contribution in [0.25, 0.3) is 32.1 Å². The lowest BCUT2D eigenvalue weighted by Crippen LogP contribution is -2.44. The van der Waals surface area contributed by atoms with E-state index < -0.39 is 5.82 Å². The Morgan fingerprint density at radius 3 is 2.81 bits per heavy atom. The molecule has 2 aromatic carbocycles. The second-order valence-electron chi connectivity index (χ2n) is 12.5. The van der Waals surface area contributed by atoms with Gasteiger partial charge in [-0.1, -0.05) is 30.3 Å². The smallest absolute Gasteiger partial charge is 0.319 e.